The van der Waals surface area contributed by atoms with Crippen LogP contribution in [0.3, 0.4) is 0 Å². The first-order valence-electron chi connectivity index (χ1n) is 9.05. The molecule has 0 bridgehead atoms. The van der Waals surface area contributed by atoms with Crippen molar-refractivity contribution < 1.29 is 4.92 Å². The highest BCUT2D eigenvalue weighted by Gasteiger charge is 2.25. The Balaban J connectivity index is 1.95. The zero-order valence-electron chi connectivity index (χ0n) is 15.4. The lowest BCUT2D eigenvalue weighted by molar-refractivity contribution is -0.384. The number of nitrogens with zero attached hydrogens (tertiary/aromatic N) is 2. The molecular weight excluding hydrogens is 350 g/mol. The molecule has 0 fully saturated rings. The van der Waals surface area contributed by atoms with E-state index in [1.54, 1.807) is 0 Å². The average Bonchev–Trinajstić information content (AvgIpc) is 2.70. The van der Waals surface area contributed by atoms with E-state index in [-0.39, 0.29) is 16.4 Å². The number of hydrogen-bond acceptors (Lipinski definition) is 4. The highest BCUT2D eigenvalue weighted by Crippen LogP contribution is 2.36. The molecule has 28 heavy (non-hydrogen) atoms. The number of fused-ring (bicyclic) bond motifs is 1. The van der Waals surface area contributed by atoms with Crippen LogP contribution in [0.1, 0.15) is 16.7 Å². The Morgan fingerprint density at radius 2 is 1.64 bits per heavy atom. The number of nitro groups is 1. The number of aromatic nitrogens is 1. The van der Waals surface area contributed by atoms with Gasteiger partial charge >= 0.3 is 5.69 Å². The summed E-state index contributed by atoms with van der Waals surface area (Å²) in [5, 5.41) is 16.0. The van der Waals surface area contributed by atoms with E-state index in [2.05, 4.69) is 10.3 Å². The third kappa shape index (κ3) is 3.55. The van der Waals surface area contributed by atoms with Crippen molar-refractivity contribution >= 4 is 28.1 Å². The predicted molar refractivity (Wildman–Crippen MR) is 112 cm³/mol. The molecule has 4 rings (SSSR count). The molecule has 0 saturated carbocycles. The lowest BCUT2D eigenvalue weighted by Crippen LogP contribution is -2.05. The molecule has 1 heterocycles. The van der Waals surface area contributed by atoms with Gasteiger partial charge in [-0.05, 0) is 36.8 Å². The van der Waals surface area contributed by atoms with E-state index >= 15 is 0 Å². The molecule has 0 spiro atoms. The third-order valence-electron chi connectivity index (χ3n) is 4.66. The van der Waals surface area contributed by atoms with Gasteiger partial charge < -0.3 is 5.32 Å². The molecule has 138 valence electrons. The second-order valence-corrected chi connectivity index (χ2v) is 6.72. The average molecular weight is 369 g/mol. The van der Waals surface area contributed by atoms with Crippen molar-refractivity contribution in [2.75, 3.05) is 5.32 Å². The van der Waals surface area contributed by atoms with Crippen LogP contribution in [0.5, 0.6) is 0 Å². The Kier molecular flexibility index (Phi) is 4.72. The van der Waals surface area contributed by atoms with Crippen LogP contribution in [0.2, 0.25) is 0 Å². The third-order valence-corrected chi connectivity index (χ3v) is 4.66. The maximum atomic E-state index is 12.1. The maximum Gasteiger partial charge on any atom is 0.315 e. The molecule has 0 amide bonds. The van der Waals surface area contributed by atoms with Crippen molar-refractivity contribution in [3.8, 4) is 0 Å². The molecule has 5 heteroatoms. The van der Waals surface area contributed by atoms with Gasteiger partial charge in [0.15, 0.2) is 0 Å². The van der Waals surface area contributed by atoms with Crippen LogP contribution in [0.15, 0.2) is 78.9 Å². The van der Waals surface area contributed by atoms with Gasteiger partial charge in [-0.15, -0.1) is 0 Å². The first kappa shape index (κ1) is 17.7. The van der Waals surface area contributed by atoms with Crippen molar-refractivity contribution in [1.82, 2.24) is 4.98 Å². The summed E-state index contributed by atoms with van der Waals surface area (Å²) in [5.74, 6) is 0.262. The van der Waals surface area contributed by atoms with E-state index in [1.807, 2.05) is 85.8 Å². The van der Waals surface area contributed by atoms with Gasteiger partial charge in [0, 0.05) is 23.1 Å². The summed E-state index contributed by atoms with van der Waals surface area (Å²) in [6.07, 6.45) is 0.461. The zero-order valence-corrected chi connectivity index (χ0v) is 15.4. The largest absolute Gasteiger partial charge is 0.334 e. The van der Waals surface area contributed by atoms with Gasteiger partial charge in [-0.1, -0.05) is 60.2 Å². The Morgan fingerprint density at radius 1 is 0.964 bits per heavy atom. The normalized spacial score (nSPS) is 10.8. The molecule has 1 aromatic heterocycles. The molecule has 1 N–H and O–H groups in total. The summed E-state index contributed by atoms with van der Waals surface area (Å²) in [6.45, 7) is 1.98. The number of nitrogens with one attached hydrogen (secondary N) is 1. The summed E-state index contributed by atoms with van der Waals surface area (Å²) in [6, 6.07) is 25.0. The van der Waals surface area contributed by atoms with Gasteiger partial charge in [0.2, 0.25) is 5.82 Å². The highest BCUT2D eigenvalue weighted by molar-refractivity contribution is 5.91. The number of pyridine rings is 1. The first-order valence-corrected chi connectivity index (χ1v) is 9.05. The lowest BCUT2D eigenvalue weighted by atomic mass is 9.98. The number of hydrogen-bond donors (Lipinski definition) is 1. The molecule has 5 nitrogen and oxygen atoms in total. The van der Waals surface area contributed by atoms with Crippen LogP contribution >= 0.6 is 0 Å². The monoisotopic (exact) mass is 369 g/mol. The van der Waals surface area contributed by atoms with Gasteiger partial charge in [-0.25, -0.2) is 4.98 Å². The fourth-order valence-corrected chi connectivity index (χ4v) is 3.35. The van der Waals surface area contributed by atoms with Crippen LogP contribution in [0.25, 0.3) is 10.9 Å². The Bertz CT molecular complexity index is 1140. The number of anilines is 2. The van der Waals surface area contributed by atoms with Crippen molar-refractivity contribution in [2.24, 2.45) is 0 Å². The van der Waals surface area contributed by atoms with Crippen molar-refractivity contribution in [1.29, 1.82) is 0 Å². The molecule has 0 atom stereocenters. The molecule has 0 aliphatic carbocycles. The molecular formula is C23H19N3O2. The lowest BCUT2D eigenvalue weighted by Gasteiger charge is -2.13. The van der Waals surface area contributed by atoms with E-state index in [0.29, 0.717) is 12.0 Å². The van der Waals surface area contributed by atoms with E-state index in [1.165, 1.54) is 0 Å². The molecule has 0 aliphatic rings. The SMILES string of the molecule is Cc1ccc2nc(Nc3ccccc3)c([N+](=O)[O-])c(Cc3ccccc3)c2c1. The van der Waals surface area contributed by atoms with Crippen LogP contribution in [0.4, 0.5) is 17.2 Å². The minimum Gasteiger partial charge on any atom is -0.334 e. The minimum atomic E-state index is -0.335. The Hall–Kier alpha value is -3.73. The van der Waals surface area contributed by atoms with E-state index < -0.39 is 0 Å². The van der Waals surface area contributed by atoms with Crippen molar-refractivity contribution in [3.63, 3.8) is 0 Å². The predicted octanol–water partition coefficient (Wildman–Crippen LogP) is 5.79. The summed E-state index contributed by atoms with van der Waals surface area (Å²) in [7, 11) is 0. The van der Waals surface area contributed by atoms with Gasteiger partial charge in [0.25, 0.3) is 0 Å². The quantitative estimate of drug-likeness (QED) is 0.357. The first-order chi connectivity index (χ1) is 13.6. The summed E-state index contributed by atoms with van der Waals surface area (Å²) < 4.78 is 0. The van der Waals surface area contributed by atoms with Gasteiger partial charge in [0.1, 0.15) is 0 Å². The van der Waals surface area contributed by atoms with E-state index in [9.17, 15) is 10.1 Å². The number of benzene rings is 3. The zero-order chi connectivity index (χ0) is 19.5. The van der Waals surface area contributed by atoms with Crippen LogP contribution in [-0.4, -0.2) is 9.91 Å². The fourth-order valence-electron chi connectivity index (χ4n) is 3.35. The maximum absolute atomic E-state index is 12.1. The van der Waals surface area contributed by atoms with E-state index in [4.69, 9.17) is 0 Å². The second-order valence-electron chi connectivity index (χ2n) is 6.72. The molecule has 4 aromatic rings. The Labute approximate surface area is 162 Å². The molecule has 0 aliphatic heterocycles. The van der Waals surface area contributed by atoms with Crippen molar-refractivity contribution in [2.45, 2.75) is 13.3 Å². The summed E-state index contributed by atoms with van der Waals surface area (Å²) in [4.78, 5) is 16.3. The van der Waals surface area contributed by atoms with Gasteiger partial charge in [0.05, 0.1) is 10.4 Å². The standard InChI is InChI=1S/C23H19N3O2/c1-16-12-13-21-19(14-16)20(15-17-8-4-2-5-9-17)22(26(27)28)23(25-21)24-18-10-6-3-7-11-18/h2-14H,15H2,1H3,(H,24,25). The molecule has 0 radical (unpaired) electrons. The number of aryl methyl sites for hydroxylation is 1. The second kappa shape index (κ2) is 7.48. The topological polar surface area (TPSA) is 68.1 Å². The molecule has 3 aromatic carbocycles. The van der Waals surface area contributed by atoms with Crippen LogP contribution in [-0.2, 0) is 6.42 Å². The van der Waals surface area contributed by atoms with Gasteiger partial charge in [-0.2, -0.15) is 0 Å². The molecule has 0 saturated heterocycles. The van der Waals surface area contributed by atoms with Crippen molar-refractivity contribution in [3.05, 3.63) is 106 Å². The number of rotatable bonds is 5. The highest BCUT2D eigenvalue weighted by atomic mass is 16.6. The Morgan fingerprint density at radius 3 is 2.32 bits per heavy atom. The number of para-hydroxylation sites is 1. The fraction of sp³-hybridized carbons (Fsp3) is 0.0870. The van der Waals surface area contributed by atoms with Crippen LogP contribution in [0, 0.1) is 17.0 Å². The smallest absolute Gasteiger partial charge is 0.315 e. The minimum absolute atomic E-state index is 0.0193. The van der Waals surface area contributed by atoms with Gasteiger partial charge in [-0.3, -0.25) is 10.1 Å². The summed E-state index contributed by atoms with van der Waals surface area (Å²) in [5.41, 5.74) is 4.25. The summed E-state index contributed by atoms with van der Waals surface area (Å²) >= 11 is 0. The van der Waals surface area contributed by atoms with Crippen LogP contribution < -0.4 is 5.32 Å². The van der Waals surface area contributed by atoms with E-state index in [0.717, 1.165) is 27.7 Å². The molecule has 0 unspecified atom stereocenters.